The second kappa shape index (κ2) is 5.56. The van der Waals surface area contributed by atoms with Crippen LogP contribution in [0.1, 0.15) is 23.8 Å². The molecule has 0 bridgehead atoms. The summed E-state index contributed by atoms with van der Waals surface area (Å²) in [5, 5.41) is 0. The Morgan fingerprint density at radius 3 is 2.74 bits per heavy atom. The Morgan fingerprint density at radius 2 is 2.11 bits per heavy atom. The van der Waals surface area contributed by atoms with Crippen LogP contribution in [0.2, 0.25) is 0 Å². The van der Waals surface area contributed by atoms with Gasteiger partial charge >= 0.3 is 0 Å². The molecule has 2 aromatic heterocycles. The molecule has 0 atom stereocenters. The molecule has 1 amide bonds. The number of pyridine rings is 1. The zero-order valence-electron chi connectivity index (χ0n) is 11.2. The smallest absolute Gasteiger partial charge is 0.274 e. The average molecular weight is 258 g/mol. The minimum Gasteiger partial charge on any atom is -0.397 e. The highest BCUT2D eigenvalue weighted by Crippen LogP contribution is 2.17. The van der Waals surface area contributed by atoms with Crippen LogP contribution in [-0.4, -0.2) is 22.5 Å². The first-order chi connectivity index (χ1) is 9.13. The molecule has 0 spiro atoms. The molecule has 2 aromatic rings. The third kappa shape index (κ3) is 2.76. The van der Waals surface area contributed by atoms with E-state index in [4.69, 9.17) is 5.73 Å². The van der Waals surface area contributed by atoms with E-state index in [2.05, 4.69) is 11.9 Å². The lowest BCUT2D eigenvalue weighted by Gasteiger charge is -2.18. The highest BCUT2D eigenvalue weighted by Gasteiger charge is 2.17. The number of nitrogens with two attached hydrogens (primary N) is 1. The number of aromatic nitrogens is 2. The van der Waals surface area contributed by atoms with E-state index in [1.165, 1.54) is 0 Å². The van der Waals surface area contributed by atoms with Gasteiger partial charge in [-0.2, -0.15) is 0 Å². The van der Waals surface area contributed by atoms with Crippen molar-refractivity contribution in [2.24, 2.45) is 0 Å². The van der Waals surface area contributed by atoms with Crippen molar-refractivity contribution in [2.45, 2.75) is 19.9 Å². The molecule has 2 rings (SSSR count). The fraction of sp³-hybridized carbons (Fsp3) is 0.286. The van der Waals surface area contributed by atoms with E-state index in [0.29, 0.717) is 11.4 Å². The van der Waals surface area contributed by atoms with E-state index < -0.39 is 0 Å². The van der Waals surface area contributed by atoms with Crippen LogP contribution < -0.4 is 10.6 Å². The molecule has 2 heterocycles. The lowest BCUT2D eigenvalue weighted by molar-refractivity contribution is 0.0984. The molecule has 0 radical (unpaired) electrons. The molecule has 2 N–H and O–H groups in total. The Hall–Kier alpha value is -2.30. The standard InChI is InChI=1S/C14H18N4O/c1-3-8-18-10-11(15)9-13(18)14(19)17(2)12-4-6-16-7-5-12/h4-7,9-10H,3,8,15H2,1-2H3. The number of nitrogens with zero attached hydrogens (tertiary/aromatic N) is 3. The number of carbonyl (C=O) groups excluding carboxylic acids is 1. The molecule has 5 heteroatoms. The van der Waals surface area contributed by atoms with Crippen LogP contribution in [0.5, 0.6) is 0 Å². The van der Waals surface area contributed by atoms with E-state index in [0.717, 1.165) is 18.7 Å². The average Bonchev–Trinajstić information content (AvgIpc) is 2.79. The highest BCUT2D eigenvalue weighted by molar-refractivity contribution is 6.05. The van der Waals surface area contributed by atoms with Gasteiger partial charge in [0.05, 0.1) is 5.69 Å². The first kappa shape index (κ1) is 13.1. The predicted molar refractivity (Wildman–Crippen MR) is 76.1 cm³/mol. The van der Waals surface area contributed by atoms with Crippen molar-refractivity contribution in [2.75, 3.05) is 17.7 Å². The Labute approximate surface area is 112 Å². The molecule has 0 unspecified atom stereocenters. The van der Waals surface area contributed by atoms with Crippen LogP contribution in [0, 0.1) is 0 Å². The SMILES string of the molecule is CCCn1cc(N)cc1C(=O)N(C)c1ccncc1. The van der Waals surface area contributed by atoms with Gasteiger partial charge in [0, 0.05) is 37.9 Å². The molecule has 100 valence electrons. The van der Waals surface area contributed by atoms with Crippen LogP contribution in [-0.2, 0) is 6.54 Å². The fourth-order valence-corrected chi connectivity index (χ4v) is 1.99. The number of carbonyl (C=O) groups is 1. The number of amides is 1. The Bertz CT molecular complexity index is 562. The monoisotopic (exact) mass is 258 g/mol. The van der Waals surface area contributed by atoms with Crippen molar-refractivity contribution in [3.63, 3.8) is 0 Å². The maximum atomic E-state index is 12.5. The van der Waals surface area contributed by atoms with Crippen molar-refractivity contribution in [3.8, 4) is 0 Å². The largest absolute Gasteiger partial charge is 0.397 e. The molecule has 0 saturated heterocycles. The van der Waals surface area contributed by atoms with Crippen molar-refractivity contribution in [3.05, 3.63) is 42.5 Å². The normalized spacial score (nSPS) is 10.4. The summed E-state index contributed by atoms with van der Waals surface area (Å²) >= 11 is 0. The zero-order valence-corrected chi connectivity index (χ0v) is 11.2. The van der Waals surface area contributed by atoms with Crippen molar-refractivity contribution in [1.82, 2.24) is 9.55 Å². The predicted octanol–water partition coefficient (Wildman–Crippen LogP) is 2.15. The Kier molecular flexibility index (Phi) is 3.85. The van der Waals surface area contributed by atoms with Crippen molar-refractivity contribution in [1.29, 1.82) is 0 Å². The van der Waals surface area contributed by atoms with Gasteiger partial charge in [-0.15, -0.1) is 0 Å². The Balaban J connectivity index is 2.29. The molecular weight excluding hydrogens is 240 g/mol. The lowest BCUT2D eigenvalue weighted by Crippen LogP contribution is -2.28. The second-order valence-electron chi connectivity index (χ2n) is 4.42. The number of aryl methyl sites for hydroxylation is 1. The van der Waals surface area contributed by atoms with Gasteiger partial charge in [-0.05, 0) is 24.6 Å². The van der Waals surface area contributed by atoms with Gasteiger partial charge in [0.15, 0.2) is 0 Å². The summed E-state index contributed by atoms with van der Waals surface area (Å²) in [6.45, 7) is 2.85. The maximum Gasteiger partial charge on any atom is 0.274 e. The van der Waals surface area contributed by atoms with Gasteiger partial charge in [-0.25, -0.2) is 0 Å². The molecule has 0 aliphatic heterocycles. The number of hydrogen-bond donors (Lipinski definition) is 1. The fourth-order valence-electron chi connectivity index (χ4n) is 1.99. The van der Waals surface area contributed by atoms with Crippen molar-refractivity contribution < 1.29 is 4.79 Å². The molecule has 0 aliphatic rings. The summed E-state index contributed by atoms with van der Waals surface area (Å²) in [6.07, 6.45) is 6.08. The van der Waals surface area contributed by atoms with E-state index >= 15 is 0 Å². The minimum atomic E-state index is -0.0728. The van der Waals surface area contributed by atoms with Gasteiger partial charge in [0.2, 0.25) is 0 Å². The summed E-state index contributed by atoms with van der Waals surface area (Å²) in [6, 6.07) is 5.32. The number of hydrogen-bond acceptors (Lipinski definition) is 3. The van der Waals surface area contributed by atoms with Gasteiger partial charge in [0.25, 0.3) is 5.91 Å². The number of rotatable bonds is 4. The Morgan fingerprint density at radius 1 is 1.42 bits per heavy atom. The first-order valence-electron chi connectivity index (χ1n) is 6.27. The van der Waals surface area contributed by atoms with E-state index in [-0.39, 0.29) is 5.91 Å². The molecule has 0 saturated carbocycles. The van der Waals surface area contributed by atoms with E-state index in [9.17, 15) is 4.79 Å². The molecule has 19 heavy (non-hydrogen) atoms. The molecule has 0 aromatic carbocycles. The van der Waals surface area contributed by atoms with E-state index in [1.807, 2.05) is 4.57 Å². The number of anilines is 2. The first-order valence-corrected chi connectivity index (χ1v) is 6.27. The lowest BCUT2D eigenvalue weighted by atomic mass is 10.3. The maximum absolute atomic E-state index is 12.5. The van der Waals surface area contributed by atoms with Gasteiger partial charge in [0.1, 0.15) is 5.69 Å². The van der Waals surface area contributed by atoms with E-state index in [1.54, 1.807) is 48.7 Å². The highest BCUT2D eigenvalue weighted by atomic mass is 16.2. The molecular formula is C14H18N4O. The summed E-state index contributed by atoms with van der Waals surface area (Å²) in [7, 11) is 1.75. The quantitative estimate of drug-likeness (QED) is 0.914. The van der Waals surface area contributed by atoms with Gasteiger partial charge < -0.3 is 15.2 Å². The second-order valence-corrected chi connectivity index (χ2v) is 4.42. The summed E-state index contributed by atoms with van der Waals surface area (Å²) in [5.74, 6) is -0.0728. The zero-order chi connectivity index (χ0) is 13.8. The number of nitrogen functional groups attached to an aromatic ring is 1. The third-order valence-corrected chi connectivity index (χ3v) is 2.96. The molecule has 0 aliphatic carbocycles. The van der Waals surface area contributed by atoms with Crippen LogP contribution in [0.25, 0.3) is 0 Å². The van der Waals surface area contributed by atoms with Gasteiger partial charge in [-0.3, -0.25) is 9.78 Å². The summed E-state index contributed by atoms with van der Waals surface area (Å²) in [4.78, 5) is 18.0. The van der Waals surface area contributed by atoms with Crippen LogP contribution >= 0.6 is 0 Å². The van der Waals surface area contributed by atoms with Gasteiger partial charge in [-0.1, -0.05) is 6.92 Å². The van der Waals surface area contributed by atoms with Crippen LogP contribution in [0.15, 0.2) is 36.8 Å². The summed E-state index contributed by atoms with van der Waals surface area (Å²) < 4.78 is 1.90. The minimum absolute atomic E-state index is 0.0728. The summed E-state index contributed by atoms with van der Waals surface area (Å²) in [5.41, 5.74) is 7.81. The van der Waals surface area contributed by atoms with Crippen molar-refractivity contribution >= 4 is 17.3 Å². The topological polar surface area (TPSA) is 64.2 Å². The molecule has 0 fully saturated rings. The van der Waals surface area contributed by atoms with Crippen LogP contribution in [0.4, 0.5) is 11.4 Å². The van der Waals surface area contributed by atoms with Crippen LogP contribution in [0.3, 0.4) is 0 Å². The molecule has 5 nitrogen and oxygen atoms in total. The third-order valence-electron chi connectivity index (χ3n) is 2.96.